The molecule has 2 unspecified atom stereocenters. The van der Waals surface area contributed by atoms with E-state index in [0.717, 1.165) is 24.3 Å². The van der Waals surface area contributed by atoms with Gasteiger partial charge in [0, 0.05) is 25.3 Å². The minimum atomic E-state index is -1.06. The molecule has 1 aliphatic heterocycles. The molecule has 2 aromatic rings. The lowest BCUT2D eigenvalue weighted by Crippen LogP contribution is -2.52. The summed E-state index contributed by atoms with van der Waals surface area (Å²) in [5, 5.41) is 3.68. The van der Waals surface area contributed by atoms with Crippen molar-refractivity contribution in [1.82, 2.24) is 10.3 Å². The molecule has 0 radical (unpaired) electrons. The van der Waals surface area contributed by atoms with Gasteiger partial charge in [-0.15, -0.1) is 0 Å². The van der Waals surface area contributed by atoms with E-state index in [4.69, 9.17) is 17.3 Å². The fraction of sp³-hybridized carbons (Fsp3) is 0.333. The third kappa shape index (κ3) is 3.37. The predicted molar refractivity (Wildman–Crippen MR) is 96.0 cm³/mol. The Morgan fingerprint density at radius 2 is 2.08 bits per heavy atom. The van der Waals surface area contributed by atoms with E-state index in [9.17, 15) is 4.79 Å². The van der Waals surface area contributed by atoms with Crippen LogP contribution in [0.15, 0.2) is 48.7 Å². The smallest absolute Gasteiger partial charge is 0.244 e. The first-order valence-electron chi connectivity index (χ1n) is 7.99. The molecule has 6 heteroatoms. The fourth-order valence-corrected chi connectivity index (χ4v) is 3.17. The van der Waals surface area contributed by atoms with Gasteiger partial charge < -0.3 is 16.0 Å². The molecule has 1 fully saturated rings. The number of halogens is 1. The van der Waals surface area contributed by atoms with Crippen LogP contribution in [0.5, 0.6) is 0 Å². The van der Waals surface area contributed by atoms with Crippen molar-refractivity contribution in [2.45, 2.75) is 24.9 Å². The number of carbonyl (C=O) groups excluding carboxylic acids is 1. The second-order valence-corrected chi connectivity index (χ2v) is 6.69. The number of hydrogen-bond acceptors (Lipinski definition) is 4. The number of rotatable bonds is 4. The van der Waals surface area contributed by atoms with Crippen LogP contribution >= 0.6 is 11.6 Å². The first kappa shape index (κ1) is 16.7. The van der Waals surface area contributed by atoms with Crippen molar-refractivity contribution in [2.75, 3.05) is 18.0 Å². The number of hydrogen-bond donors (Lipinski definition) is 2. The quantitative estimate of drug-likeness (QED) is 0.892. The van der Waals surface area contributed by atoms with Gasteiger partial charge in [-0.3, -0.25) is 4.79 Å². The van der Waals surface area contributed by atoms with E-state index in [1.165, 1.54) is 0 Å². The molecular weight excluding hydrogens is 324 g/mol. The summed E-state index contributed by atoms with van der Waals surface area (Å²) in [6, 6.07) is 13.1. The summed E-state index contributed by atoms with van der Waals surface area (Å²) in [6.07, 6.45) is 2.56. The van der Waals surface area contributed by atoms with Crippen LogP contribution in [0.25, 0.3) is 0 Å². The monoisotopic (exact) mass is 344 g/mol. The molecule has 1 aromatic carbocycles. The molecule has 1 amide bonds. The van der Waals surface area contributed by atoms with Gasteiger partial charge in [0.05, 0.1) is 5.02 Å². The lowest BCUT2D eigenvalue weighted by atomic mass is 9.92. The van der Waals surface area contributed by atoms with Crippen LogP contribution in [0.4, 0.5) is 5.82 Å². The molecule has 2 heterocycles. The molecule has 24 heavy (non-hydrogen) atoms. The van der Waals surface area contributed by atoms with Crippen LogP contribution in [-0.2, 0) is 10.3 Å². The summed E-state index contributed by atoms with van der Waals surface area (Å²) < 4.78 is 0. The molecule has 3 N–H and O–H groups in total. The number of benzene rings is 1. The maximum absolute atomic E-state index is 12.6. The van der Waals surface area contributed by atoms with Crippen molar-refractivity contribution >= 4 is 23.3 Å². The highest BCUT2D eigenvalue weighted by Crippen LogP contribution is 2.26. The van der Waals surface area contributed by atoms with E-state index in [1.54, 1.807) is 19.2 Å². The molecule has 0 spiro atoms. The molecular formula is C18H21ClN4O. The zero-order chi connectivity index (χ0) is 17.2. The number of pyridine rings is 1. The average molecular weight is 345 g/mol. The first-order chi connectivity index (χ1) is 11.5. The molecule has 1 aliphatic rings. The molecule has 1 aromatic heterocycles. The number of carbonyl (C=O) groups is 1. The Kier molecular flexibility index (Phi) is 4.73. The SMILES string of the molecule is CC(N)(C(=O)NC1CCN(c2ncccc2Cl)C1)c1ccccc1. The molecule has 0 aliphatic carbocycles. The molecule has 0 bridgehead atoms. The summed E-state index contributed by atoms with van der Waals surface area (Å²) in [4.78, 5) is 19.0. The van der Waals surface area contributed by atoms with Crippen molar-refractivity contribution < 1.29 is 4.79 Å². The Bertz CT molecular complexity index is 720. The second kappa shape index (κ2) is 6.79. The van der Waals surface area contributed by atoms with Crippen molar-refractivity contribution in [3.8, 4) is 0 Å². The number of aromatic nitrogens is 1. The zero-order valence-corrected chi connectivity index (χ0v) is 14.3. The van der Waals surface area contributed by atoms with E-state index >= 15 is 0 Å². The van der Waals surface area contributed by atoms with E-state index in [1.807, 2.05) is 36.4 Å². The minimum Gasteiger partial charge on any atom is -0.353 e. The number of nitrogens with two attached hydrogens (primary N) is 1. The fourth-order valence-electron chi connectivity index (χ4n) is 2.93. The standard InChI is InChI=1S/C18H21ClN4O/c1-18(20,13-6-3-2-4-7-13)17(24)22-14-9-11-23(12-14)16-15(19)8-5-10-21-16/h2-8,10,14H,9,11-12,20H2,1H3,(H,22,24). The van der Waals surface area contributed by atoms with Gasteiger partial charge in [0.15, 0.2) is 0 Å². The lowest BCUT2D eigenvalue weighted by molar-refractivity contribution is -0.126. The predicted octanol–water partition coefficient (Wildman–Crippen LogP) is 2.30. The highest BCUT2D eigenvalue weighted by atomic mass is 35.5. The summed E-state index contributed by atoms with van der Waals surface area (Å²) in [7, 11) is 0. The zero-order valence-electron chi connectivity index (χ0n) is 13.6. The largest absolute Gasteiger partial charge is 0.353 e. The summed E-state index contributed by atoms with van der Waals surface area (Å²) in [5.41, 5.74) is 6.01. The third-order valence-corrected chi connectivity index (χ3v) is 4.70. The van der Waals surface area contributed by atoms with Crippen molar-refractivity contribution in [3.63, 3.8) is 0 Å². The van der Waals surface area contributed by atoms with E-state index in [0.29, 0.717) is 11.6 Å². The Labute approximate surface area is 146 Å². The van der Waals surface area contributed by atoms with Crippen molar-refractivity contribution in [3.05, 3.63) is 59.2 Å². The van der Waals surface area contributed by atoms with E-state index in [-0.39, 0.29) is 11.9 Å². The molecule has 2 atom stereocenters. The van der Waals surface area contributed by atoms with Gasteiger partial charge in [0.25, 0.3) is 0 Å². The molecule has 1 saturated heterocycles. The van der Waals surface area contributed by atoms with Gasteiger partial charge >= 0.3 is 0 Å². The molecule has 3 rings (SSSR count). The Hall–Kier alpha value is -2.11. The van der Waals surface area contributed by atoms with Crippen LogP contribution in [0.2, 0.25) is 5.02 Å². The molecule has 0 saturated carbocycles. The van der Waals surface area contributed by atoms with Gasteiger partial charge in [0.2, 0.25) is 5.91 Å². The summed E-state index contributed by atoms with van der Waals surface area (Å²) >= 11 is 6.20. The average Bonchev–Trinajstić information content (AvgIpc) is 3.04. The first-order valence-corrected chi connectivity index (χ1v) is 8.37. The second-order valence-electron chi connectivity index (χ2n) is 6.28. The van der Waals surface area contributed by atoms with Crippen LogP contribution in [0, 0.1) is 0 Å². The maximum Gasteiger partial charge on any atom is 0.244 e. The van der Waals surface area contributed by atoms with Gasteiger partial charge in [0.1, 0.15) is 11.4 Å². The number of nitrogens with zero attached hydrogens (tertiary/aromatic N) is 2. The van der Waals surface area contributed by atoms with Crippen molar-refractivity contribution in [1.29, 1.82) is 0 Å². The Morgan fingerprint density at radius 3 is 2.79 bits per heavy atom. The maximum atomic E-state index is 12.6. The van der Waals surface area contributed by atoms with Crippen LogP contribution in [0.1, 0.15) is 18.9 Å². The molecule has 5 nitrogen and oxygen atoms in total. The van der Waals surface area contributed by atoms with Crippen LogP contribution in [0.3, 0.4) is 0 Å². The highest BCUT2D eigenvalue weighted by molar-refractivity contribution is 6.32. The summed E-state index contributed by atoms with van der Waals surface area (Å²) in [6.45, 7) is 3.21. The van der Waals surface area contributed by atoms with Crippen LogP contribution in [-0.4, -0.2) is 30.0 Å². The Morgan fingerprint density at radius 1 is 1.33 bits per heavy atom. The Balaban J connectivity index is 1.65. The number of anilines is 1. The van der Waals surface area contributed by atoms with Crippen molar-refractivity contribution in [2.24, 2.45) is 5.73 Å². The number of amides is 1. The van der Waals surface area contributed by atoms with Gasteiger partial charge in [-0.2, -0.15) is 0 Å². The van der Waals surface area contributed by atoms with Crippen LogP contribution < -0.4 is 16.0 Å². The van der Waals surface area contributed by atoms with Gasteiger partial charge in [-0.05, 0) is 31.0 Å². The minimum absolute atomic E-state index is 0.0298. The third-order valence-electron chi connectivity index (χ3n) is 4.41. The summed E-state index contributed by atoms with van der Waals surface area (Å²) in [5.74, 6) is 0.585. The van der Waals surface area contributed by atoms with Gasteiger partial charge in [-0.1, -0.05) is 41.9 Å². The van der Waals surface area contributed by atoms with Gasteiger partial charge in [-0.25, -0.2) is 4.98 Å². The van der Waals surface area contributed by atoms with E-state index < -0.39 is 5.54 Å². The van der Waals surface area contributed by atoms with E-state index in [2.05, 4.69) is 15.2 Å². The molecule has 126 valence electrons. The number of nitrogens with one attached hydrogen (secondary N) is 1. The lowest BCUT2D eigenvalue weighted by Gasteiger charge is -2.26. The normalized spacial score (nSPS) is 19.8. The topological polar surface area (TPSA) is 71.2 Å². The highest BCUT2D eigenvalue weighted by Gasteiger charge is 2.34.